The Labute approximate surface area is 136 Å². The molecule has 23 heavy (non-hydrogen) atoms. The second kappa shape index (κ2) is 6.13. The molecular weight excluding hydrogens is 296 g/mol. The molecule has 0 aromatic heterocycles. The van der Waals surface area contributed by atoms with Gasteiger partial charge < -0.3 is 10.1 Å². The van der Waals surface area contributed by atoms with E-state index in [9.17, 15) is 14.4 Å². The zero-order chi connectivity index (χ0) is 16.6. The summed E-state index contributed by atoms with van der Waals surface area (Å²) in [6, 6.07) is -0.598. The number of esters is 1. The van der Waals surface area contributed by atoms with Crippen molar-refractivity contribution in [3.63, 3.8) is 0 Å². The van der Waals surface area contributed by atoms with Crippen molar-refractivity contribution < 1.29 is 19.1 Å². The molecule has 4 rings (SSSR count). The average Bonchev–Trinajstić information content (AvgIpc) is 2.44. The number of ether oxygens (including phenoxy) is 1. The van der Waals surface area contributed by atoms with Gasteiger partial charge >= 0.3 is 12.0 Å². The lowest BCUT2D eigenvalue weighted by molar-refractivity contribution is -0.161. The molecule has 0 heterocycles. The van der Waals surface area contributed by atoms with Gasteiger partial charge in [0.2, 0.25) is 0 Å². The van der Waals surface area contributed by atoms with Crippen LogP contribution in [0.1, 0.15) is 51.9 Å². The molecule has 4 saturated carbocycles. The third-order valence-electron chi connectivity index (χ3n) is 5.83. The van der Waals surface area contributed by atoms with E-state index < -0.39 is 18.0 Å². The summed E-state index contributed by atoms with van der Waals surface area (Å²) in [6.45, 7) is 1.50. The largest absolute Gasteiger partial charge is 0.453 e. The number of rotatable bonds is 4. The van der Waals surface area contributed by atoms with Gasteiger partial charge in [0, 0.05) is 7.05 Å². The lowest BCUT2D eigenvalue weighted by Gasteiger charge is -2.56. The summed E-state index contributed by atoms with van der Waals surface area (Å²) in [5, 5.41) is 4.42. The van der Waals surface area contributed by atoms with Crippen LogP contribution in [0.15, 0.2) is 0 Å². The zero-order valence-electron chi connectivity index (χ0n) is 13.9. The van der Waals surface area contributed by atoms with Crippen molar-refractivity contribution in [2.45, 2.75) is 58.0 Å². The first-order chi connectivity index (χ1) is 10.9. The highest BCUT2D eigenvalue weighted by Crippen LogP contribution is 2.61. The van der Waals surface area contributed by atoms with Crippen LogP contribution in [0.5, 0.6) is 0 Å². The molecule has 0 aliphatic heterocycles. The Balaban J connectivity index is 1.53. The van der Waals surface area contributed by atoms with E-state index in [-0.39, 0.29) is 11.4 Å². The molecule has 0 unspecified atom stereocenters. The summed E-state index contributed by atoms with van der Waals surface area (Å²) in [6.07, 6.45) is 6.85. The van der Waals surface area contributed by atoms with Crippen molar-refractivity contribution in [1.82, 2.24) is 10.6 Å². The Hall–Kier alpha value is -1.59. The standard InChI is InChI=1S/C17H26N2O4/c1-10(15(21)19-16(22)18-2)23-14(20)9-17-6-11-3-12(7-17)5-13(4-11)8-17/h10-13H,3-9H2,1-2H3,(H2,18,19,21,22)/t10-,11?,12?,13?,17?/m0/s1. The predicted octanol–water partition coefficient (Wildman–Crippen LogP) is 1.98. The van der Waals surface area contributed by atoms with Gasteiger partial charge in [-0.2, -0.15) is 0 Å². The fourth-order valence-electron chi connectivity index (χ4n) is 5.38. The highest BCUT2D eigenvalue weighted by molar-refractivity contribution is 5.97. The summed E-state index contributed by atoms with van der Waals surface area (Å²) in [7, 11) is 1.42. The molecular formula is C17H26N2O4. The molecule has 4 aliphatic carbocycles. The summed E-state index contributed by atoms with van der Waals surface area (Å²) in [5.41, 5.74) is 0.100. The van der Waals surface area contributed by atoms with Crippen LogP contribution in [0, 0.1) is 23.2 Å². The lowest BCUT2D eigenvalue weighted by Crippen LogP contribution is -2.48. The fourth-order valence-corrected chi connectivity index (χ4v) is 5.38. The Morgan fingerprint density at radius 1 is 1.09 bits per heavy atom. The number of carbonyl (C=O) groups excluding carboxylic acids is 3. The quantitative estimate of drug-likeness (QED) is 0.775. The fraction of sp³-hybridized carbons (Fsp3) is 0.824. The molecule has 4 fully saturated rings. The van der Waals surface area contributed by atoms with E-state index in [1.165, 1.54) is 33.2 Å². The predicted molar refractivity (Wildman–Crippen MR) is 83.4 cm³/mol. The van der Waals surface area contributed by atoms with Gasteiger partial charge in [-0.3, -0.25) is 14.9 Å². The number of imide groups is 1. The van der Waals surface area contributed by atoms with Gasteiger partial charge in [0.05, 0.1) is 6.42 Å². The van der Waals surface area contributed by atoms with Crippen LogP contribution in [-0.2, 0) is 14.3 Å². The molecule has 6 nitrogen and oxygen atoms in total. The highest BCUT2D eigenvalue weighted by atomic mass is 16.5. The van der Waals surface area contributed by atoms with Crippen LogP contribution in [0.2, 0.25) is 0 Å². The SMILES string of the molecule is CNC(=O)NC(=O)[C@H](C)OC(=O)CC12CC3CC(CC(C3)C1)C2. The smallest absolute Gasteiger partial charge is 0.321 e. The summed E-state index contributed by atoms with van der Waals surface area (Å²) >= 11 is 0. The van der Waals surface area contributed by atoms with E-state index in [4.69, 9.17) is 4.74 Å². The molecule has 128 valence electrons. The van der Waals surface area contributed by atoms with Crippen molar-refractivity contribution in [3.8, 4) is 0 Å². The first kappa shape index (κ1) is 16.3. The maximum Gasteiger partial charge on any atom is 0.321 e. The molecule has 4 bridgehead atoms. The Bertz CT molecular complexity index is 481. The minimum absolute atomic E-state index is 0.100. The molecule has 0 spiro atoms. The topological polar surface area (TPSA) is 84.5 Å². The maximum atomic E-state index is 12.3. The molecule has 2 N–H and O–H groups in total. The van der Waals surface area contributed by atoms with Crippen molar-refractivity contribution >= 4 is 17.9 Å². The van der Waals surface area contributed by atoms with Gasteiger partial charge in [-0.25, -0.2) is 4.79 Å². The molecule has 1 atom stereocenters. The van der Waals surface area contributed by atoms with E-state index in [2.05, 4.69) is 10.6 Å². The van der Waals surface area contributed by atoms with Crippen LogP contribution in [0.4, 0.5) is 4.79 Å². The molecule has 0 aromatic rings. The van der Waals surface area contributed by atoms with Crippen molar-refractivity contribution in [2.75, 3.05) is 7.05 Å². The van der Waals surface area contributed by atoms with Gasteiger partial charge in [-0.15, -0.1) is 0 Å². The van der Waals surface area contributed by atoms with E-state index in [0.29, 0.717) is 6.42 Å². The molecule has 0 aromatic carbocycles. The summed E-state index contributed by atoms with van der Waals surface area (Å²) in [5.74, 6) is 1.43. The van der Waals surface area contributed by atoms with Crippen LogP contribution in [0.3, 0.4) is 0 Å². The zero-order valence-corrected chi connectivity index (χ0v) is 13.9. The van der Waals surface area contributed by atoms with Crippen LogP contribution < -0.4 is 10.6 Å². The molecule has 0 radical (unpaired) electrons. The Morgan fingerprint density at radius 2 is 1.61 bits per heavy atom. The normalized spacial score (nSPS) is 35.5. The number of hydrogen-bond donors (Lipinski definition) is 2. The number of carbonyl (C=O) groups is 3. The van der Waals surface area contributed by atoms with Crippen LogP contribution >= 0.6 is 0 Å². The molecule has 0 saturated heterocycles. The minimum Gasteiger partial charge on any atom is -0.453 e. The second-order valence-corrected chi connectivity index (χ2v) is 7.79. The molecule has 3 amide bonds. The van der Waals surface area contributed by atoms with Gasteiger partial charge in [0.15, 0.2) is 6.10 Å². The average molecular weight is 322 g/mol. The van der Waals surface area contributed by atoms with Crippen LogP contribution in [0.25, 0.3) is 0 Å². The summed E-state index contributed by atoms with van der Waals surface area (Å²) < 4.78 is 5.27. The van der Waals surface area contributed by atoms with Crippen molar-refractivity contribution in [3.05, 3.63) is 0 Å². The second-order valence-electron chi connectivity index (χ2n) is 7.79. The molecule has 4 aliphatic rings. The van der Waals surface area contributed by atoms with Gasteiger partial charge in [-0.1, -0.05) is 0 Å². The van der Waals surface area contributed by atoms with E-state index in [1.54, 1.807) is 0 Å². The number of hydrogen-bond acceptors (Lipinski definition) is 4. The Kier molecular flexibility index (Phi) is 4.34. The summed E-state index contributed by atoms with van der Waals surface area (Å²) in [4.78, 5) is 35.2. The third-order valence-corrected chi connectivity index (χ3v) is 5.83. The first-order valence-electron chi connectivity index (χ1n) is 8.61. The number of amides is 3. The third kappa shape index (κ3) is 3.51. The maximum absolute atomic E-state index is 12.3. The van der Waals surface area contributed by atoms with Gasteiger partial charge in [0.25, 0.3) is 5.91 Å². The van der Waals surface area contributed by atoms with Gasteiger partial charge in [0.1, 0.15) is 0 Å². The minimum atomic E-state index is -0.950. The lowest BCUT2D eigenvalue weighted by atomic mass is 9.49. The van der Waals surface area contributed by atoms with Crippen LogP contribution in [-0.4, -0.2) is 31.1 Å². The first-order valence-corrected chi connectivity index (χ1v) is 8.61. The monoisotopic (exact) mass is 322 g/mol. The van der Waals surface area contributed by atoms with E-state index >= 15 is 0 Å². The number of nitrogens with one attached hydrogen (secondary N) is 2. The van der Waals surface area contributed by atoms with E-state index in [0.717, 1.165) is 37.0 Å². The van der Waals surface area contributed by atoms with E-state index in [1.807, 2.05) is 0 Å². The number of urea groups is 1. The Morgan fingerprint density at radius 3 is 2.09 bits per heavy atom. The van der Waals surface area contributed by atoms with Gasteiger partial charge in [-0.05, 0) is 68.6 Å². The van der Waals surface area contributed by atoms with Crippen molar-refractivity contribution in [1.29, 1.82) is 0 Å². The highest BCUT2D eigenvalue weighted by Gasteiger charge is 2.51. The molecule has 6 heteroatoms. The van der Waals surface area contributed by atoms with Crippen molar-refractivity contribution in [2.24, 2.45) is 23.2 Å².